The van der Waals surface area contributed by atoms with Gasteiger partial charge in [0.2, 0.25) is 0 Å². The zero-order valence-electron chi connectivity index (χ0n) is 18.9. The fraction of sp³-hybridized carbons (Fsp3) is 0.185. The van der Waals surface area contributed by atoms with Crippen LogP contribution in [0, 0.1) is 5.82 Å². The number of nitrogens with zero attached hydrogens (tertiary/aromatic N) is 2. The van der Waals surface area contributed by atoms with E-state index < -0.39 is 5.82 Å². The average molecular weight is 490 g/mol. The van der Waals surface area contributed by atoms with Crippen LogP contribution >= 0.6 is 11.3 Å². The van der Waals surface area contributed by atoms with Crippen molar-refractivity contribution < 1.29 is 18.7 Å². The number of pyridine rings is 1. The van der Waals surface area contributed by atoms with Crippen molar-refractivity contribution in [2.24, 2.45) is 0 Å². The summed E-state index contributed by atoms with van der Waals surface area (Å²) < 4.78 is 25.6. The highest BCUT2D eigenvalue weighted by molar-refractivity contribution is 7.18. The van der Waals surface area contributed by atoms with Crippen molar-refractivity contribution in [2.75, 3.05) is 31.2 Å². The van der Waals surface area contributed by atoms with Gasteiger partial charge in [-0.15, -0.1) is 11.3 Å². The lowest BCUT2D eigenvalue weighted by Crippen LogP contribution is -2.35. The summed E-state index contributed by atoms with van der Waals surface area (Å²) in [5.74, 6) is -0.134. The molecule has 0 spiro atoms. The second-order valence-electron chi connectivity index (χ2n) is 8.03. The minimum atomic E-state index is -0.502. The predicted octanol–water partition coefficient (Wildman–Crippen LogP) is 5.51. The Balaban J connectivity index is 1.30. The Hall–Kier alpha value is -3.75. The number of morpholine rings is 1. The van der Waals surface area contributed by atoms with E-state index in [1.54, 1.807) is 30.5 Å². The average Bonchev–Trinajstić information content (AvgIpc) is 3.36. The number of hydrogen-bond donors (Lipinski definition) is 1. The van der Waals surface area contributed by atoms with Crippen molar-refractivity contribution in [1.82, 2.24) is 10.3 Å². The van der Waals surface area contributed by atoms with Crippen LogP contribution in [0.3, 0.4) is 0 Å². The number of ether oxygens (including phenoxy) is 2. The fourth-order valence-electron chi connectivity index (χ4n) is 3.86. The molecule has 1 aliphatic heterocycles. The highest BCUT2D eigenvalue weighted by Gasteiger charge is 2.22. The number of thiophene rings is 1. The fourth-order valence-corrected chi connectivity index (χ4v) is 5.01. The molecule has 0 unspecified atom stereocenters. The van der Waals surface area contributed by atoms with Crippen molar-refractivity contribution in [3.8, 4) is 22.6 Å². The molecule has 178 valence electrons. The van der Waals surface area contributed by atoms with E-state index in [1.807, 2.05) is 36.4 Å². The molecule has 3 heterocycles. The number of anilines is 1. The van der Waals surface area contributed by atoms with E-state index in [-0.39, 0.29) is 18.2 Å². The van der Waals surface area contributed by atoms with Gasteiger partial charge in [0, 0.05) is 31.4 Å². The molecular formula is C27H24FN3O3S. The lowest BCUT2D eigenvalue weighted by atomic mass is 10.1. The summed E-state index contributed by atoms with van der Waals surface area (Å²) >= 11 is 1.47. The van der Waals surface area contributed by atoms with Gasteiger partial charge in [-0.25, -0.2) is 4.39 Å². The van der Waals surface area contributed by atoms with Gasteiger partial charge >= 0.3 is 0 Å². The number of amides is 1. The van der Waals surface area contributed by atoms with Gasteiger partial charge in [0.1, 0.15) is 5.75 Å². The van der Waals surface area contributed by atoms with E-state index >= 15 is 0 Å². The van der Waals surface area contributed by atoms with Crippen LogP contribution in [0.4, 0.5) is 9.39 Å². The molecule has 35 heavy (non-hydrogen) atoms. The van der Waals surface area contributed by atoms with Crippen LogP contribution in [-0.4, -0.2) is 37.2 Å². The number of carbonyl (C=O) groups is 1. The molecule has 8 heteroatoms. The van der Waals surface area contributed by atoms with Gasteiger partial charge in [-0.05, 0) is 41.5 Å². The maximum Gasteiger partial charge on any atom is 0.261 e. The number of halogens is 1. The summed E-state index contributed by atoms with van der Waals surface area (Å²) in [6.07, 6.45) is 3.14. The highest BCUT2D eigenvalue weighted by atomic mass is 32.1. The Morgan fingerprint density at radius 2 is 1.91 bits per heavy atom. The predicted molar refractivity (Wildman–Crippen MR) is 135 cm³/mol. The third kappa shape index (κ3) is 5.50. The van der Waals surface area contributed by atoms with Gasteiger partial charge in [0.05, 0.1) is 29.3 Å². The first-order valence-corrected chi connectivity index (χ1v) is 12.2. The molecule has 1 saturated heterocycles. The maximum atomic E-state index is 14.6. The van der Waals surface area contributed by atoms with Gasteiger partial charge in [0.15, 0.2) is 11.6 Å². The molecule has 0 aliphatic carbocycles. The molecule has 5 rings (SSSR count). The van der Waals surface area contributed by atoms with E-state index in [9.17, 15) is 9.18 Å². The van der Waals surface area contributed by atoms with Crippen LogP contribution in [0.2, 0.25) is 0 Å². The summed E-state index contributed by atoms with van der Waals surface area (Å²) in [5, 5.41) is 3.98. The maximum absolute atomic E-state index is 14.6. The van der Waals surface area contributed by atoms with E-state index in [1.165, 1.54) is 23.6 Å². The summed E-state index contributed by atoms with van der Waals surface area (Å²) in [7, 11) is 0. The normalized spacial score (nSPS) is 13.5. The molecule has 6 nitrogen and oxygen atoms in total. The molecule has 2 aromatic carbocycles. The van der Waals surface area contributed by atoms with Crippen molar-refractivity contribution in [3.63, 3.8) is 0 Å². The Labute approximate surface area is 207 Å². The van der Waals surface area contributed by atoms with Gasteiger partial charge in [-0.1, -0.05) is 36.4 Å². The number of carbonyl (C=O) groups excluding carboxylic acids is 1. The quantitative estimate of drug-likeness (QED) is 0.371. The minimum absolute atomic E-state index is 0.106. The van der Waals surface area contributed by atoms with Crippen LogP contribution in [-0.2, 0) is 11.3 Å². The second kappa shape index (κ2) is 10.7. The Morgan fingerprint density at radius 3 is 2.66 bits per heavy atom. The van der Waals surface area contributed by atoms with Gasteiger partial charge in [0.25, 0.3) is 5.91 Å². The van der Waals surface area contributed by atoms with E-state index in [0.717, 1.165) is 29.2 Å². The second-order valence-corrected chi connectivity index (χ2v) is 9.06. The van der Waals surface area contributed by atoms with Gasteiger partial charge in [-0.2, -0.15) is 0 Å². The molecule has 1 N–H and O–H groups in total. The standard InChI is InChI=1S/C27H24FN3O3S/c28-23-15-19(8-9-24(23)34-21-7-4-10-29-18-21)17-30-26(32)25-16-22(20-5-2-1-3-6-20)27(35-25)31-11-13-33-14-12-31/h1-10,15-16,18H,11-14,17H2,(H,30,32). The lowest BCUT2D eigenvalue weighted by Gasteiger charge is -2.28. The molecule has 2 aromatic heterocycles. The monoisotopic (exact) mass is 489 g/mol. The first-order chi connectivity index (χ1) is 17.2. The largest absolute Gasteiger partial charge is 0.453 e. The number of nitrogens with one attached hydrogen (secondary N) is 1. The Morgan fingerprint density at radius 1 is 1.09 bits per heavy atom. The number of rotatable bonds is 7. The molecule has 0 radical (unpaired) electrons. The topological polar surface area (TPSA) is 63.7 Å². The number of benzene rings is 2. The number of hydrogen-bond acceptors (Lipinski definition) is 6. The smallest absolute Gasteiger partial charge is 0.261 e. The summed E-state index contributed by atoms with van der Waals surface area (Å²) in [6, 6.07) is 20.1. The summed E-state index contributed by atoms with van der Waals surface area (Å²) in [4.78, 5) is 19.9. The van der Waals surface area contributed by atoms with Crippen molar-refractivity contribution in [2.45, 2.75) is 6.54 Å². The van der Waals surface area contributed by atoms with Crippen molar-refractivity contribution >= 4 is 22.2 Å². The summed E-state index contributed by atoms with van der Waals surface area (Å²) in [5.41, 5.74) is 2.74. The van der Waals surface area contributed by atoms with Crippen LogP contribution in [0.25, 0.3) is 11.1 Å². The Kier molecular flexibility index (Phi) is 7.02. The van der Waals surface area contributed by atoms with Crippen molar-refractivity contribution in [3.05, 3.63) is 95.4 Å². The van der Waals surface area contributed by atoms with Crippen LogP contribution in [0.5, 0.6) is 11.5 Å². The van der Waals surface area contributed by atoms with Crippen molar-refractivity contribution in [1.29, 1.82) is 0 Å². The molecule has 1 amide bonds. The number of aromatic nitrogens is 1. The van der Waals surface area contributed by atoms with Gasteiger partial charge in [-0.3, -0.25) is 9.78 Å². The molecule has 0 atom stereocenters. The third-order valence-electron chi connectivity index (χ3n) is 5.63. The molecule has 0 saturated carbocycles. The zero-order valence-corrected chi connectivity index (χ0v) is 19.8. The zero-order chi connectivity index (χ0) is 24.0. The Bertz CT molecular complexity index is 1290. The molecule has 1 fully saturated rings. The molecular weight excluding hydrogens is 465 g/mol. The SMILES string of the molecule is O=C(NCc1ccc(Oc2cccnc2)c(F)c1)c1cc(-c2ccccc2)c(N2CCOCC2)s1. The van der Waals surface area contributed by atoms with Gasteiger partial charge < -0.3 is 19.7 Å². The lowest BCUT2D eigenvalue weighted by molar-refractivity contribution is 0.0955. The minimum Gasteiger partial charge on any atom is -0.453 e. The van der Waals surface area contributed by atoms with Crippen LogP contribution in [0.15, 0.2) is 79.1 Å². The van der Waals surface area contributed by atoms with E-state index in [4.69, 9.17) is 9.47 Å². The first kappa shape index (κ1) is 23.0. The molecule has 4 aromatic rings. The summed E-state index contributed by atoms with van der Waals surface area (Å²) in [6.45, 7) is 3.11. The van der Waals surface area contributed by atoms with Crippen LogP contribution < -0.4 is 15.0 Å². The third-order valence-corrected chi connectivity index (χ3v) is 6.83. The van der Waals surface area contributed by atoms with Crippen LogP contribution in [0.1, 0.15) is 15.2 Å². The highest BCUT2D eigenvalue weighted by Crippen LogP contribution is 2.39. The molecule has 0 bridgehead atoms. The first-order valence-electron chi connectivity index (χ1n) is 11.3. The van der Waals surface area contributed by atoms with E-state index in [2.05, 4.69) is 15.2 Å². The van der Waals surface area contributed by atoms with E-state index in [0.29, 0.717) is 29.4 Å². The molecule has 1 aliphatic rings.